The molecule has 30 heavy (non-hydrogen) atoms. The van der Waals surface area contributed by atoms with Gasteiger partial charge in [-0.25, -0.2) is 0 Å². The van der Waals surface area contributed by atoms with E-state index in [0.29, 0.717) is 12.6 Å². The maximum atomic E-state index is 5.97. The molecule has 1 aromatic heterocycles. The fourth-order valence-electron chi connectivity index (χ4n) is 3.87. The van der Waals surface area contributed by atoms with Gasteiger partial charge in [0.15, 0.2) is 5.96 Å². The smallest absolute Gasteiger partial charge is 0.191 e. The van der Waals surface area contributed by atoms with Gasteiger partial charge < -0.3 is 24.7 Å². The van der Waals surface area contributed by atoms with Crippen molar-refractivity contribution in [2.24, 2.45) is 4.99 Å². The van der Waals surface area contributed by atoms with Crippen LogP contribution >= 0.6 is 0 Å². The van der Waals surface area contributed by atoms with Crippen molar-refractivity contribution < 1.29 is 9.15 Å². The van der Waals surface area contributed by atoms with Crippen molar-refractivity contribution >= 4 is 5.96 Å². The summed E-state index contributed by atoms with van der Waals surface area (Å²) in [6.45, 7) is 19.1. The highest BCUT2D eigenvalue weighted by molar-refractivity contribution is 5.80. The molecule has 1 fully saturated rings. The Bertz CT molecular complexity index is 608. The highest BCUT2D eigenvalue weighted by Crippen LogP contribution is 2.24. The maximum absolute atomic E-state index is 5.97. The minimum atomic E-state index is 0.135. The first-order valence-electron chi connectivity index (χ1n) is 11.7. The van der Waals surface area contributed by atoms with E-state index in [9.17, 15) is 0 Å². The summed E-state index contributed by atoms with van der Waals surface area (Å²) in [4.78, 5) is 9.83. The number of morpholine rings is 1. The molecule has 7 heteroatoms. The molecular weight excluding hydrogens is 378 g/mol. The third-order valence-electron chi connectivity index (χ3n) is 5.73. The zero-order chi connectivity index (χ0) is 21.8. The number of hydrogen-bond donors (Lipinski definition) is 2. The minimum absolute atomic E-state index is 0.135. The molecule has 1 aliphatic heterocycles. The molecule has 0 amide bonds. The molecule has 0 saturated carbocycles. The van der Waals surface area contributed by atoms with Crippen LogP contribution in [0.25, 0.3) is 0 Å². The van der Waals surface area contributed by atoms with Crippen LogP contribution in [0.5, 0.6) is 0 Å². The molecule has 7 nitrogen and oxygen atoms in total. The normalized spacial score (nSPS) is 17.9. The van der Waals surface area contributed by atoms with Gasteiger partial charge in [0.05, 0.1) is 25.8 Å². The van der Waals surface area contributed by atoms with Gasteiger partial charge in [0.25, 0.3) is 0 Å². The molecule has 2 rings (SSSR count). The van der Waals surface area contributed by atoms with E-state index in [1.807, 2.05) is 13.0 Å². The molecule has 1 saturated heterocycles. The van der Waals surface area contributed by atoms with E-state index in [1.54, 1.807) is 0 Å². The average molecular weight is 422 g/mol. The van der Waals surface area contributed by atoms with Crippen LogP contribution in [0.3, 0.4) is 0 Å². The number of rotatable bonds is 12. The van der Waals surface area contributed by atoms with Gasteiger partial charge in [-0.05, 0) is 65.4 Å². The summed E-state index contributed by atoms with van der Waals surface area (Å²) in [5, 5.41) is 6.99. The Labute approximate surface area is 183 Å². The van der Waals surface area contributed by atoms with Gasteiger partial charge in [0.2, 0.25) is 0 Å². The van der Waals surface area contributed by atoms with Crippen LogP contribution in [0, 0.1) is 6.92 Å². The standard InChI is InChI=1S/C23H43N5O2/c1-6-24-23(26-19(4)10-9-13-27(7-2)8-3)25-18-21(22-12-11-20(5)30-22)28-14-16-29-17-15-28/h11-12,19,21H,6-10,13-18H2,1-5H3,(H2,24,25,26). The molecule has 2 atom stereocenters. The monoisotopic (exact) mass is 421 g/mol. The third-order valence-corrected chi connectivity index (χ3v) is 5.73. The number of ether oxygens (including phenoxy) is 1. The van der Waals surface area contributed by atoms with Crippen LogP contribution in [-0.2, 0) is 4.74 Å². The van der Waals surface area contributed by atoms with Crippen LogP contribution in [0.4, 0.5) is 0 Å². The number of furan rings is 1. The zero-order valence-electron chi connectivity index (χ0n) is 19.7. The van der Waals surface area contributed by atoms with Gasteiger partial charge in [-0.2, -0.15) is 0 Å². The first kappa shape index (κ1) is 24.7. The molecule has 0 aliphatic carbocycles. The zero-order valence-corrected chi connectivity index (χ0v) is 19.7. The molecular formula is C23H43N5O2. The van der Waals surface area contributed by atoms with Gasteiger partial charge in [0.1, 0.15) is 11.5 Å². The predicted molar refractivity (Wildman–Crippen MR) is 124 cm³/mol. The Balaban J connectivity index is 1.96. The number of aryl methyl sites for hydroxylation is 1. The highest BCUT2D eigenvalue weighted by atomic mass is 16.5. The number of aliphatic imine (C=N–C) groups is 1. The van der Waals surface area contributed by atoms with Crippen LogP contribution in [0.2, 0.25) is 0 Å². The second-order valence-electron chi connectivity index (χ2n) is 8.05. The lowest BCUT2D eigenvalue weighted by Crippen LogP contribution is -2.44. The van der Waals surface area contributed by atoms with Crippen molar-refractivity contribution in [1.29, 1.82) is 0 Å². The number of hydrogen-bond acceptors (Lipinski definition) is 5. The lowest BCUT2D eigenvalue weighted by Gasteiger charge is -2.32. The van der Waals surface area contributed by atoms with Crippen molar-refractivity contribution in [2.45, 2.75) is 59.5 Å². The summed E-state index contributed by atoms with van der Waals surface area (Å²) >= 11 is 0. The summed E-state index contributed by atoms with van der Waals surface area (Å²) < 4.78 is 11.5. The molecule has 1 aromatic rings. The minimum Gasteiger partial charge on any atom is -0.465 e. The van der Waals surface area contributed by atoms with Crippen molar-refractivity contribution in [3.63, 3.8) is 0 Å². The second-order valence-corrected chi connectivity index (χ2v) is 8.05. The van der Waals surface area contributed by atoms with Gasteiger partial charge in [0, 0.05) is 25.7 Å². The fraction of sp³-hybridized carbons (Fsp3) is 0.783. The number of guanidine groups is 1. The van der Waals surface area contributed by atoms with Crippen molar-refractivity contribution in [1.82, 2.24) is 20.4 Å². The molecule has 0 aromatic carbocycles. The molecule has 2 unspecified atom stereocenters. The molecule has 0 spiro atoms. The van der Waals surface area contributed by atoms with E-state index in [-0.39, 0.29) is 6.04 Å². The Morgan fingerprint density at radius 2 is 1.93 bits per heavy atom. The van der Waals surface area contributed by atoms with Crippen LogP contribution in [0.1, 0.15) is 58.1 Å². The molecule has 1 aliphatic rings. The van der Waals surface area contributed by atoms with Crippen LogP contribution < -0.4 is 10.6 Å². The first-order chi connectivity index (χ1) is 14.6. The molecule has 0 bridgehead atoms. The number of nitrogens with one attached hydrogen (secondary N) is 2. The lowest BCUT2D eigenvalue weighted by molar-refractivity contribution is 0.0135. The quantitative estimate of drug-likeness (QED) is 0.400. The summed E-state index contributed by atoms with van der Waals surface area (Å²) in [6, 6.07) is 4.64. The number of nitrogens with zero attached hydrogens (tertiary/aromatic N) is 3. The van der Waals surface area contributed by atoms with E-state index in [4.69, 9.17) is 14.1 Å². The topological polar surface area (TPSA) is 65.3 Å². The molecule has 2 heterocycles. The van der Waals surface area contributed by atoms with E-state index < -0.39 is 0 Å². The SMILES string of the molecule is CCNC(=NCC(c1ccc(C)o1)N1CCOCC1)NC(C)CCCN(CC)CC. The summed E-state index contributed by atoms with van der Waals surface area (Å²) in [6.07, 6.45) is 2.32. The Kier molecular flexibility index (Phi) is 11.3. The van der Waals surface area contributed by atoms with E-state index in [1.165, 1.54) is 6.42 Å². The lowest BCUT2D eigenvalue weighted by atomic mass is 10.1. The van der Waals surface area contributed by atoms with Gasteiger partial charge in [-0.3, -0.25) is 9.89 Å². The van der Waals surface area contributed by atoms with Crippen LogP contribution in [0.15, 0.2) is 21.5 Å². The van der Waals surface area contributed by atoms with Crippen molar-refractivity contribution in [2.75, 3.05) is 59.0 Å². The van der Waals surface area contributed by atoms with E-state index in [2.05, 4.69) is 54.2 Å². The third kappa shape index (κ3) is 8.28. The van der Waals surface area contributed by atoms with Gasteiger partial charge in [-0.15, -0.1) is 0 Å². The Morgan fingerprint density at radius 3 is 2.53 bits per heavy atom. The summed E-state index contributed by atoms with van der Waals surface area (Å²) in [5.74, 6) is 2.81. The Morgan fingerprint density at radius 1 is 1.20 bits per heavy atom. The second kappa shape index (κ2) is 13.7. The Hall–Kier alpha value is -1.57. The molecule has 2 N–H and O–H groups in total. The predicted octanol–water partition coefficient (Wildman–Crippen LogP) is 3.03. The molecule has 0 radical (unpaired) electrons. The van der Waals surface area contributed by atoms with Crippen molar-refractivity contribution in [3.8, 4) is 0 Å². The average Bonchev–Trinajstić information content (AvgIpc) is 3.18. The molecule has 172 valence electrons. The van der Waals surface area contributed by atoms with Crippen LogP contribution in [-0.4, -0.2) is 80.8 Å². The van der Waals surface area contributed by atoms with Gasteiger partial charge in [-0.1, -0.05) is 13.8 Å². The van der Waals surface area contributed by atoms with Crippen molar-refractivity contribution in [3.05, 3.63) is 23.7 Å². The first-order valence-corrected chi connectivity index (χ1v) is 11.7. The van der Waals surface area contributed by atoms with E-state index in [0.717, 1.165) is 76.4 Å². The maximum Gasteiger partial charge on any atom is 0.191 e. The van der Waals surface area contributed by atoms with E-state index >= 15 is 0 Å². The summed E-state index contributed by atoms with van der Waals surface area (Å²) in [7, 11) is 0. The van der Waals surface area contributed by atoms with Gasteiger partial charge >= 0.3 is 0 Å². The summed E-state index contributed by atoms with van der Waals surface area (Å²) in [5.41, 5.74) is 0. The highest BCUT2D eigenvalue weighted by Gasteiger charge is 2.25. The largest absolute Gasteiger partial charge is 0.465 e. The fourth-order valence-corrected chi connectivity index (χ4v) is 3.87.